The summed E-state index contributed by atoms with van der Waals surface area (Å²) in [7, 11) is 0. The van der Waals surface area contributed by atoms with Crippen LogP contribution in [-0.2, 0) is 6.42 Å². The summed E-state index contributed by atoms with van der Waals surface area (Å²) in [6.07, 6.45) is 9.92. The maximum atomic E-state index is 4.55. The quantitative estimate of drug-likeness (QED) is 0.840. The summed E-state index contributed by atoms with van der Waals surface area (Å²) in [5.41, 5.74) is 3.40. The summed E-state index contributed by atoms with van der Waals surface area (Å²) in [6, 6.07) is 4.80. The molecule has 3 rings (SSSR count). The first-order valence-corrected chi connectivity index (χ1v) is 7.00. The Bertz CT molecular complexity index is 396. The molecule has 17 heavy (non-hydrogen) atoms. The third kappa shape index (κ3) is 2.23. The molecule has 1 unspecified atom stereocenters. The van der Waals surface area contributed by atoms with Crippen molar-refractivity contribution in [3.8, 4) is 0 Å². The maximum absolute atomic E-state index is 4.55. The van der Waals surface area contributed by atoms with Crippen LogP contribution in [0.3, 0.4) is 0 Å². The van der Waals surface area contributed by atoms with E-state index in [0.717, 1.165) is 0 Å². The molecular formula is C15H22N2. The van der Waals surface area contributed by atoms with Crippen molar-refractivity contribution in [3.63, 3.8) is 0 Å². The standard InChI is InChI=1S/C15H22N2/c1-2-7-15(8-9-15)11-17-13-6-5-12-4-3-10-16-14(12)13/h3-4,10,13,17H,2,5-9,11H2,1H3. The third-order valence-corrected chi connectivity index (χ3v) is 4.42. The van der Waals surface area contributed by atoms with Gasteiger partial charge in [-0.1, -0.05) is 19.4 Å². The lowest BCUT2D eigenvalue weighted by atomic mass is 10.0. The van der Waals surface area contributed by atoms with Gasteiger partial charge in [-0.25, -0.2) is 0 Å². The van der Waals surface area contributed by atoms with Crippen molar-refractivity contribution in [2.75, 3.05) is 6.54 Å². The van der Waals surface area contributed by atoms with Gasteiger partial charge >= 0.3 is 0 Å². The minimum atomic E-state index is 0.514. The molecule has 1 N–H and O–H groups in total. The minimum absolute atomic E-state index is 0.514. The molecule has 1 aromatic rings. The van der Waals surface area contributed by atoms with E-state index in [9.17, 15) is 0 Å². The van der Waals surface area contributed by atoms with Crippen LogP contribution in [0, 0.1) is 5.41 Å². The van der Waals surface area contributed by atoms with Gasteiger partial charge in [0.1, 0.15) is 0 Å². The van der Waals surface area contributed by atoms with E-state index in [2.05, 4.69) is 29.4 Å². The van der Waals surface area contributed by atoms with Gasteiger partial charge < -0.3 is 5.32 Å². The molecule has 0 bridgehead atoms. The molecule has 0 amide bonds. The largest absolute Gasteiger partial charge is 0.308 e. The summed E-state index contributed by atoms with van der Waals surface area (Å²) in [4.78, 5) is 4.55. The van der Waals surface area contributed by atoms with Crippen molar-refractivity contribution in [1.82, 2.24) is 10.3 Å². The predicted molar refractivity (Wildman–Crippen MR) is 69.9 cm³/mol. The number of fused-ring (bicyclic) bond motifs is 1. The van der Waals surface area contributed by atoms with Gasteiger partial charge in [-0.05, 0) is 49.1 Å². The van der Waals surface area contributed by atoms with Crippen molar-refractivity contribution >= 4 is 0 Å². The molecule has 1 heterocycles. The second kappa shape index (κ2) is 4.41. The molecular weight excluding hydrogens is 208 g/mol. The first-order chi connectivity index (χ1) is 8.33. The Kier molecular flexibility index (Phi) is 2.91. The number of rotatable bonds is 5. The normalized spacial score (nSPS) is 24.6. The van der Waals surface area contributed by atoms with E-state index in [4.69, 9.17) is 0 Å². The monoisotopic (exact) mass is 230 g/mol. The van der Waals surface area contributed by atoms with Crippen LogP contribution < -0.4 is 5.32 Å². The second-order valence-corrected chi connectivity index (χ2v) is 5.77. The SMILES string of the molecule is CCCC1(CNC2CCc3cccnc32)CC1. The molecule has 2 heteroatoms. The summed E-state index contributed by atoms with van der Waals surface area (Å²) in [6.45, 7) is 3.49. The van der Waals surface area contributed by atoms with Crippen LogP contribution in [-0.4, -0.2) is 11.5 Å². The lowest BCUT2D eigenvalue weighted by Gasteiger charge is -2.19. The molecule has 0 radical (unpaired) electrons. The highest BCUT2D eigenvalue weighted by atomic mass is 15.0. The summed E-state index contributed by atoms with van der Waals surface area (Å²) < 4.78 is 0. The van der Waals surface area contributed by atoms with Crippen LogP contribution in [0.4, 0.5) is 0 Å². The van der Waals surface area contributed by atoms with Gasteiger partial charge in [-0.2, -0.15) is 0 Å². The van der Waals surface area contributed by atoms with Crippen LogP contribution in [0.15, 0.2) is 18.3 Å². The molecule has 1 aromatic heterocycles. The molecule has 1 atom stereocenters. The Labute approximate surface area is 104 Å². The Hall–Kier alpha value is -0.890. The average Bonchev–Trinajstić information content (AvgIpc) is 3.00. The van der Waals surface area contributed by atoms with E-state index < -0.39 is 0 Å². The van der Waals surface area contributed by atoms with Crippen LogP contribution in [0.1, 0.15) is 56.3 Å². The zero-order chi connectivity index (χ0) is 11.7. The Balaban J connectivity index is 1.61. The molecule has 1 saturated carbocycles. The molecule has 0 aliphatic heterocycles. The average molecular weight is 230 g/mol. The van der Waals surface area contributed by atoms with Crippen molar-refractivity contribution in [2.45, 2.75) is 51.5 Å². The van der Waals surface area contributed by atoms with Crippen LogP contribution in [0.2, 0.25) is 0 Å². The zero-order valence-corrected chi connectivity index (χ0v) is 10.7. The first-order valence-electron chi connectivity index (χ1n) is 7.00. The molecule has 2 nitrogen and oxygen atoms in total. The van der Waals surface area contributed by atoms with Crippen LogP contribution >= 0.6 is 0 Å². The third-order valence-electron chi connectivity index (χ3n) is 4.42. The zero-order valence-electron chi connectivity index (χ0n) is 10.7. The van der Waals surface area contributed by atoms with Gasteiger partial charge in [-0.15, -0.1) is 0 Å². The molecule has 0 saturated heterocycles. The number of aryl methyl sites for hydroxylation is 1. The van der Waals surface area contributed by atoms with E-state index in [0.29, 0.717) is 11.5 Å². The lowest BCUT2D eigenvalue weighted by Crippen LogP contribution is -2.27. The fraction of sp³-hybridized carbons (Fsp3) is 0.667. The highest BCUT2D eigenvalue weighted by Crippen LogP contribution is 2.49. The van der Waals surface area contributed by atoms with Gasteiger partial charge in [0.2, 0.25) is 0 Å². The number of hydrogen-bond donors (Lipinski definition) is 1. The first kappa shape index (κ1) is 11.2. The van der Waals surface area contributed by atoms with E-state index in [1.165, 1.54) is 56.3 Å². The minimum Gasteiger partial charge on any atom is -0.308 e. The number of aromatic nitrogens is 1. The van der Waals surface area contributed by atoms with Crippen molar-refractivity contribution in [1.29, 1.82) is 0 Å². The van der Waals surface area contributed by atoms with Crippen LogP contribution in [0.5, 0.6) is 0 Å². The summed E-state index contributed by atoms with van der Waals surface area (Å²) >= 11 is 0. The molecule has 0 spiro atoms. The lowest BCUT2D eigenvalue weighted by molar-refractivity contribution is 0.385. The Morgan fingerprint density at radius 3 is 3.12 bits per heavy atom. The Morgan fingerprint density at radius 1 is 1.47 bits per heavy atom. The van der Waals surface area contributed by atoms with Crippen LogP contribution in [0.25, 0.3) is 0 Å². The summed E-state index contributed by atoms with van der Waals surface area (Å²) in [5, 5.41) is 3.76. The summed E-state index contributed by atoms with van der Waals surface area (Å²) in [5.74, 6) is 0. The second-order valence-electron chi connectivity index (χ2n) is 5.77. The maximum Gasteiger partial charge on any atom is 0.0605 e. The molecule has 2 aliphatic rings. The van der Waals surface area contributed by atoms with Gasteiger partial charge in [0.25, 0.3) is 0 Å². The molecule has 1 fully saturated rings. The van der Waals surface area contributed by atoms with Gasteiger partial charge in [0.15, 0.2) is 0 Å². The predicted octanol–water partition coefficient (Wildman–Crippen LogP) is 3.24. The molecule has 2 aliphatic carbocycles. The van der Waals surface area contributed by atoms with E-state index in [-0.39, 0.29) is 0 Å². The van der Waals surface area contributed by atoms with E-state index in [1.807, 2.05) is 6.20 Å². The van der Waals surface area contributed by atoms with Gasteiger partial charge in [-0.3, -0.25) is 4.98 Å². The highest BCUT2D eigenvalue weighted by Gasteiger charge is 2.41. The Morgan fingerprint density at radius 2 is 2.35 bits per heavy atom. The number of pyridine rings is 1. The molecule has 92 valence electrons. The topological polar surface area (TPSA) is 24.9 Å². The number of nitrogens with zero attached hydrogens (tertiary/aromatic N) is 1. The highest BCUT2D eigenvalue weighted by molar-refractivity contribution is 5.27. The van der Waals surface area contributed by atoms with Gasteiger partial charge in [0.05, 0.1) is 11.7 Å². The van der Waals surface area contributed by atoms with Crippen molar-refractivity contribution in [3.05, 3.63) is 29.6 Å². The molecule has 0 aromatic carbocycles. The smallest absolute Gasteiger partial charge is 0.0605 e. The van der Waals surface area contributed by atoms with Crippen molar-refractivity contribution in [2.24, 2.45) is 5.41 Å². The number of nitrogens with one attached hydrogen (secondary N) is 1. The van der Waals surface area contributed by atoms with E-state index >= 15 is 0 Å². The van der Waals surface area contributed by atoms with Gasteiger partial charge in [0, 0.05) is 12.7 Å². The fourth-order valence-corrected chi connectivity index (χ4v) is 3.17. The number of hydrogen-bond acceptors (Lipinski definition) is 2. The van der Waals surface area contributed by atoms with E-state index in [1.54, 1.807) is 0 Å². The fourth-order valence-electron chi connectivity index (χ4n) is 3.17. The van der Waals surface area contributed by atoms with Crippen molar-refractivity contribution < 1.29 is 0 Å².